The van der Waals surface area contributed by atoms with E-state index in [-0.39, 0.29) is 31.8 Å². The molecule has 1 heterocycles. The summed E-state index contributed by atoms with van der Waals surface area (Å²) in [4.78, 5) is 10.9. The third-order valence-corrected chi connectivity index (χ3v) is 4.49. The Bertz CT molecular complexity index is 424. The van der Waals surface area contributed by atoms with E-state index in [2.05, 4.69) is 4.72 Å². The van der Waals surface area contributed by atoms with Gasteiger partial charge in [-0.1, -0.05) is 0 Å². The van der Waals surface area contributed by atoms with Crippen molar-refractivity contribution in [3.8, 4) is 0 Å². The number of ether oxygens (including phenoxy) is 1. The molecule has 7 nitrogen and oxygen atoms in total. The number of aliphatic carboxylic acids is 1. The molecule has 0 bridgehead atoms. The number of nitrogens with one attached hydrogen (secondary N) is 1. The minimum Gasteiger partial charge on any atom is -0.481 e. The number of carboxylic acids is 1. The molecular weight excluding hydrogens is 272 g/mol. The summed E-state index contributed by atoms with van der Waals surface area (Å²) in [5.41, 5.74) is -1.14. The van der Waals surface area contributed by atoms with Crippen molar-refractivity contribution in [2.45, 2.75) is 39.9 Å². The van der Waals surface area contributed by atoms with E-state index in [1.54, 1.807) is 13.8 Å². The highest BCUT2D eigenvalue weighted by Crippen LogP contribution is 2.17. The van der Waals surface area contributed by atoms with Crippen molar-refractivity contribution in [3.63, 3.8) is 0 Å². The summed E-state index contributed by atoms with van der Waals surface area (Å²) in [7, 11) is -3.68. The minimum absolute atomic E-state index is 0.148. The van der Waals surface area contributed by atoms with Crippen molar-refractivity contribution in [3.05, 3.63) is 0 Å². The van der Waals surface area contributed by atoms with Crippen LogP contribution in [0, 0.1) is 5.41 Å². The molecule has 0 radical (unpaired) electrons. The Morgan fingerprint density at radius 3 is 2.26 bits per heavy atom. The second kappa shape index (κ2) is 5.74. The molecule has 0 spiro atoms. The fourth-order valence-electron chi connectivity index (χ4n) is 1.77. The highest BCUT2D eigenvalue weighted by molar-refractivity contribution is 7.87. The molecule has 1 aliphatic heterocycles. The Morgan fingerprint density at radius 2 is 1.84 bits per heavy atom. The van der Waals surface area contributed by atoms with Gasteiger partial charge < -0.3 is 9.84 Å². The molecule has 1 fully saturated rings. The summed E-state index contributed by atoms with van der Waals surface area (Å²) in [6.45, 7) is 6.95. The lowest BCUT2D eigenvalue weighted by atomic mass is 9.95. The van der Waals surface area contributed by atoms with Crippen molar-refractivity contribution in [1.29, 1.82) is 0 Å². The third-order valence-electron chi connectivity index (χ3n) is 3.00. The van der Waals surface area contributed by atoms with Crippen molar-refractivity contribution in [2.75, 3.05) is 19.6 Å². The second-order valence-corrected chi connectivity index (χ2v) is 7.34. The maximum Gasteiger partial charge on any atom is 0.310 e. The molecule has 0 aromatic rings. The van der Waals surface area contributed by atoms with Gasteiger partial charge in [0.05, 0.1) is 17.6 Å². The molecule has 1 saturated heterocycles. The van der Waals surface area contributed by atoms with E-state index in [1.165, 1.54) is 18.2 Å². The Balaban J connectivity index is 2.68. The van der Waals surface area contributed by atoms with Gasteiger partial charge in [-0.15, -0.1) is 0 Å². The third kappa shape index (κ3) is 4.41. The number of hydrogen-bond donors (Lipinski definition) is 2. The Morgan fingerprint density at radius 1 is 1.37 bits per heavy atom. The normalized spacial score (nSPS) is 26.3. The molecule has 2 N–H and O–H groups in total. The average molecular weight is 294 g/mol. The van der Waals surface area contributed by atoms with E-state index in [9.17, 15) is 13.2 Å². The van der Waals surface area contributed by atoms with Crippen LogP contribution in [0.4, 0.5) is 0 Å². The van der Waals surface area contributed by atoms with Gasteiger partial charge in [-0.25, -0.2) is 4.72 Å². The van der Waals surface area contributed by atoms with Crippen LogP contribution in [-0.2, 0) is 19.7 Å². The summed E-state index contributed by atoms with van der Waals surface area (Å²) >= 11 is 0. The monoisotopic (exact) mass is 294 g/mol. The van der Waals surface area contributed by atoms with Crippen LogP contribution in [0.15, 0.2) is 0 Å². The largest absolute Gasteiger partial charge is 0.481 e. The lowest BCUT2D eigenvalue weighted by Crippen LogP contribution is -2.53. The van der Waals surface area contributed by atoms with Crippen molar-refractivity contribution in [1.82, 2.24) is 9.03 Å². The highest BCUT2D eigenvalue weighted by atomic mass is 32.2. The van der Waals surface area contributed by atoms with E-state index < -0.39 is 21.6 Å². The molecule has 0 saturated carbocycles. The number of carboxylic acid groups (broad SMARTS) is 1. The predicted molar refractivity (Wildman–Crippen MR) is 69.9 cm³/mol. The average Bonchev–Trinajstić information content (AvgIpc) is 2.25. The lowest BCUT2D eigenvalue weighted by molar-refractivity contribution is -0.146. The molecule has 0 aliphatic carbocycles. The number of hydrogen-bond acceptors (Lipinski definition) is 4. The standard InChI is InChI=1S/C11H22N2O5S/c1-8-5-13(6-9(2)18-8)19(16,17)12-7-11(3,4)10(14)15/h8-9,12H,5-7H2,1-4H3,(H,14,15). The van der Waals surface area contributed by atoms with Gasteiger partial charge in [-0.3, -0.25) is 4.79 Å². The first-order valence-electron chi connectivity index (χ1n) is 6.18. The maximum absolute atomic E-state index is 12.1. The van der Waals surface area contributed by atoms with Crippen LogP contribution in [0.2, 0.25) is 0 Å². The molecule has 8 heteroatoms. The van der Waals surface area contributed by atoms with Gasteiger partial charge in [0.15, 0.2) is 0 Å². The Labute approximate surface area is 114 Å². The molecular formula is C11H22N2O5S. The van der Waals surface area contributed by atoms with E-state index >= 15 is 0 Å². The first kappa shape index (κ1) is 16.4. The molecule has 0 amide bonds. The zero-order valence-corrected chi connectivity index (χ0v) is 12.5. The van der Waals surface area contributed by atoms with E-state index in [0.717, 1.165) is 0 Å². The molecule has 1 aliphatic rings. The predicted octanol–water partition coefficient (Wildman–Crippen LogP) is 0.0408. The van der Waals surface area contributed by atoms with Crippen molar-refractivity contribution in [2.24, 2.45) is 5.41 Å². The van der Waals surface area contributed by atoms with Crippen LogP contribution in [0.25, 0.3) is 0 Å². The summed E-state index contributed by atoms with van der Waals surface area (Å²) in [6, 6.07) is 0. The minimum atomic E-state index is -3.68. The molecule has 19 heavy (non-hydrogen) atoms. The van der Waals surface area contributed by atoms with Gasteiger partial charge >= 0.3 is 5.97 Å². The van der Waals surface area contributed by atoms with E-state index in [1.807, 2.05) is 0 Å². The number of rotatable bonds is 5. The summed E-state index contributed by atoms with van der Waals surface area (Å²) in [5, 5.41) is 8.96. The molecule has 1 rings (SSSR count). The van der Waals surface area contributed by atoms with Crippen LogP contribution < -0.4 is 4.72 Å². The zero-order valence-electron chi connectivity index (χ0n) is 11.7. The summed E-state index contributed by atoms with van der Waals surface area (Å²) in [5.74, 6) is -1.04. The molecule has 2 unspecified atom stereocenters. The molecule has 0 aromatic heterocycles. The SMILES string of the molecule is CC1CN(S(=O)(=O)NCC(C)(C)C(=O)O)CC(C)O1. The fraction of sp³-hybridized carbons (Fsp3) is 0.909. The second-order valence-electron chi connectivity index (χ2n) is 5.59. The molecule has 112 valence electrons. The Kier molecular flexibility index (Phi) is 4.94. The fourth-order valence-corrected chi connectivity index (χ4v) is 3.30. The summed E-state index contributed by atoms with van der Waals surface area (Å²) in [6.07, 6.45) is -0.347. The van der Waals surface area contributed by atoms with Crippen LogP contribution in [-0.4, -0.2) is 55.6 Å². The van der Waals surface area contributed by atoms with Gasteiger partial charge in [0.1, 0.15) is 0 Å². The highest BCUT2D eigenvalue weighted by Gasteiger charge is 2.34. The number of nitrogens with zero attached hydrogens (tertiary/aromatic N) is 1. The lowest BCUT2D eigenvalue weighted by Gasteiger charge is -2.34. The smallest absolute Gasteiger partial charge is 0.310 e. The topological polar surface area (TPSA) is 95.9 Å². The molecule has 0 aromatic carbocycles. The van der Waals surface area contributed by atoms with E-state index in [0.29, 0.717) is 0 Å². The van der Waals surface area contributed by atoms with Gasteiger partial charge in [0, 0.05) is 19.6 Å². The Hall–Kier alpha value is -0.700. The van der Waals surface area contributed by atoms with Crippen LogP contribution in [0.5, 0.6) is 0 Å². The van der Waals surface area contributed by atoms with Gasteiger partial charge in [0.2, 0.25) is 0 Å². The van der Waals surface area contributed by atoms with Crippen molar-refractivity contribution >= 4 is 16.2 Å². The van der Waals surface area contributed by atoms with Gasteiger partial charge in [0.25, 0.3) is 10.2 Å². The zero-order chi connectivity index (χ0) is 14.8. The summed E-state index contributed by atoms with van der Waals surface area (Å²) < 4.78 is 33.3. The quantitative estimate of drug-likeness (QED) is 0.746. The first-order chi connectivity index (χ1) is 8.54. The van der Waals surface area contributed by atoms with Crippen molar-refractivity contribution < 1.29 is 23.1 Å². The van der Waals surface area contributed by atoms with Gasteiger partial charge in [-0.2, -0.15) is 12.7 Å². The van der Waals surface area contributed by atoms with Gasteiger partial charge in [-0.05, 0) is 27.7 Å². The number of morpholine rings is 1. The first-order valence-corrected chi connectivity index (χ1v) is 7.62. The van der Waals surface area contributed by atoms with Crippen LogP contribution >= 0.6 is 0 Å². The maximum atomic E-state index is 12.1. The molecule has 2 atom stereocenters. The van der Waals surface area contributed by atoms with Crippen LogP contribution in [0.1, 0.15) is 27.7 Å². The number of carbonyl (C=O) groups is 1. The van der Waals surface area contributed by atoms with Crippen LogP contribution in [0.3, 0.4) is 0 Å². The van der Waals surface area contributed by atoms with E-state index in [4.69, 9.17) is 9.84 Å².